The third-order valence-electron chi connectivity index (χ3n) is 2.65. The molecule has 0 amide bonds. The van der Waals surface area contributed by atoms with Crippen LogP contribution in [0.25, 0.3) is 0 Å². The van der Waals surface area contributed by atoms with Crippen LogP contribution < -0.4 is 11.1 Å². The molecule has 0 radical (unpaired) electrons. The first-order valence-corrected chi connectivity index (χ1v) is 6.23. The SMILES string of the molecule is Cc1cnc(C(C)NCC(C)C(C)N)s1. The van der Waals surface area contributed by atoms with Crippen molar-refractivity contribution in [3.8, 4) is 0 Å². The summed E-state index contributed by atoms with van der Waals surface area (Å²) in [6.45, 7) is 9.38. The second kappa shape index (κ2) is 5.58. The van der Waals surface area contributed by atoms with Crippen molar-refractivity contribution in [3.05, 3.63) is 16.1 Å². The van der Waals surface area contributed by atoms with Gasteiger partial charge in [-0.2, -0.15) is 0 Å². The van der Waals surface area contributed by atoms with Crippen LogP contribution in [0.5, 0.6) is 0 Å². The Kier molecular flexibility index (Phi) is 4.70. The van der Waals surface area contributed by atoms with Gasteiger partial charge in [0.05, 0.1) is 6.04 Å². The molecule has 1 heterocycles. The minimum absolute atomic E-state index is 0.239. The summed E-state index contributed by atoms with van der Waals surface area (Å²) in [6.07, 6.45) is 1.92. The Bertz CT molecular complexity index is 296. The zero-order chi connectivity index (χ0) is 11.4. The average molecular weight is 227 g/mol. The Hall–Kier alpha value is -0.450. The Balaban J connectivity index is 2.39. The lowest BCUT2D eigenvalue weighted by Crippen LogP contribution is -2.34. The summed E-state index contributed by atoms with van der Waals surface area (Å²) >= 11 is 1.75. The van der Waals surface area contributed by atoms with Gasteiger partial charge in [-0.05, 0) is 33.2 Å². The topological polar surface area (TPSA) is 50.9 Å². The van der Waals surface area contributed by atoms with Gasteiger partial charge in [0, 0.05) is 17.1 Å². The average Bonchev–Trinajstić information content (AvgIpc) is 2.60. The molecule has 4 heteroatoms. The van der Waals surface area contributed by atoms with E-state index in [-0.39, 0.29) is 6.04 Å². The molecule has 3 N–H and O–H groups in total. The maximum absolute atomic E-state index is 5.81. The quantitative estimate of drug-likeness (QED) is 0.810. The number of aromatic nitrogens is 1. The third-order valence-corrected chi connectivity index (χ3v) is 3.75. The molecular weight excluding hydrogens is 206 g/mol. The van der Waals surface area contributed by atoms with E-state index < -0.39 is 0 Å². The Morgan fingerprint density at radius 1 is 1.47 bits per heavy atom. The van der Waals surface area contributed by atoms with E-state index >= 15 is 0 Å². The fourth-order valence-electron chi connectivity index (χ4n) is 1.21. The zero-order valence-corrected chi connectivity index (χ0v) is 10.8. The fourth-order valence-corrected chi connectivity index (χ4v) is 2.01. The molecule has 0 aliphatic rings. The number of nitrogens with zero attached hydrogens (tertiary/aromatic N) is 1. The first-order chi connectivity index (χ1) is 7.00. The molecule has 3 unspecified atom stereocenters. The van der Waals surface area contributed by atoms with E-state index in [0.717, 1.165) is 11.6 Å². The van der Waals surface area contributed by atoms with Crippen molar-refractivity contribution in [3.63, 3.8) is 0 Å². The van der Waals surface area contributed by atoms with Gasteiger partial charge in [-0.1, -0.05) is 6.92 Å². The van der Waals surface area contributed by atoms with E-state index in [1.165, 1.54) is 4.88 Å². The molecule has 0 bridgehead atoms. The van der Waals surface area contributed by atoms with Gasteiger partial charge in [0.1, 0.15) is 5.01 Å². The molecule has 0 fully saturated rings. The summed E-state index contributed by atoms with van der Waals surface area (Å²) in [5.41, 5.74) is 5.81. The fraction of sp³-hybridized carbons (Fsp3) is 0.727. The summed E-state index contributed by atoms with van der Waals surface area (Å²) in [5, 5.41) is 4.62. The number of nitrogens with two attached hydrogens (primary N) is 1. The van der Waals surface area contributed by atoms with E-state index in [2.05, 4.69) is 31.1 Å². The molecule has 0 saturated carbocycles. The highest BCUT2D eigenvalue weighted by atomic mass is 32.1. The van der Waals surface area contributed by atoms with E-state index in [9.17, 15) is 0 Å². The molecule has 0 aliphatic carbocycles. The van der Waals surface area contributed by atoms with Gasteiger partial charge in [0.2, 0.25) is 0 Å². The minimum Gasteiger partial charge on any atom is -0.328 e. The van der Waals surface area contributed by atoms with Gasteiger partial charge in [-0.15, -0.1) is 11.3 Å². The summed E-state index contributed by atoms with van der Waals surface area (Å²) in [4.78, 5) is 5.63. The highest BCUT2D eigenvalue weighted by Gasteiger charge is 2.12. The van der Waals surface area contributed by atoms with Gasteiger partial charge >= 0.3 is 0 Å². The van der Waals surface area contributed by atoms with Crippen LogP contribution in [-0.4, -0.2) is 17.6 Å². The van der Waals surface area contributed by atoms with E-state index in [0.29, 0.717) is 12.0 Å². The third kappa shape index (κ3) is 3.89. The van der Waals surface area contributed by atoms with Crippen molar-refractivity contribution in [2.24, 2.45) is 11.7 Å². The molecule has 0 saturated heterocycles. The van der Waals surface area contributed by atoms with Crippen molar-refractivity contribution in [2.75, 3.05) is 6.54 Å². The molecule has 86 valence electrons. The van der Waals surface area contributed by atoms with Crippen LogP contribution in [0.1, 0.15) is 36.7 Å². The standard InChI is InChI=1S/C11H21N3S/c1-7(9(3)12)5-13-10(4)11-14-6-8(2)15-11/h6-7,9-10,13H,5,12H2,1-4H3. The smallest absolute Gasteiger partial charge is 0.109 e. The van der Waals surface area contributed by atoms with Gasteiger partial charge < -0.3 is 11.1 Å². The largest absolute Gasteiger partial charge is 0.328 e. The van der Waals surface area contributed by atoms with Crippen molar-refractivity contribution >= 4 is 11.3 Å². The molecule has 3 atom stereocenters. The second-order valence-electron chi connectivity index (χ2n) is 4.28. The first-order valence-electron chi connectivity index (χ1n) is 5.42. The summed E-state index contributed by atoms with van der Waals surface area (Å²) < 4.78 is 0. The van der Waals surface area contributed by atoms with Crippen LogP contribution >= 0.6 is 11.3 Å². The Morgan fingerprint density at radius 2 is 2.13 bits per heavy atom. The lowest BCUT2D eigenvalue weighted by molar-refractivity contribution is 0.419. The first kappa shape index (κ1) is 12.6. The van der Waals surface area contributed by atoms with Gasteiger partial charge in [-0.3, -0.25) is 0 Å². The van der Waals surface area contributed by atoms with Gasteiger partial charge in [-0.25, -0.2) is 4.98 Å². The van der Waals surface area contributed by atoms with Crippen LogP contribution in [0.4, 0.5) is 0 Å². The van der Waals surface area contributed by atoms with Crippen molar-refractivity contribution in [1.29, 1.82) is 0 Å². The highest BCUT2D eigenvalue weighted by molar-refractivity contribution is 7.11. The molecule has 15 heavy (non-hydrogen) atoms. The van der Waals surface area contributed by atoms with E-state index in [4.69, 9.17) is 5.73 Å². The molecule has 0 aliphatic heterocycles. The highest BCUT2D eigenvalue weighted by Crippen LogP contribution is 2.19. The number of thiazole rings is 1. The Morgan fingerprint density at radius 3 is 2.60 bits per heavy atom. The molecular formula is C11H21N3S. The van der Waals surface area contributed by atoms with Crippen LogP contribution in [-0.2, 0) is 0 Å². The zero-order valence-electron chi connectivity index (χ0n) is 9.95. The number of aryl methyl sites for hydroxylation is 1. The lowest BCUT2D eigenvalue weighted by Gasteiger charge is -2.18. The predicted octanol–water partition coefficient (Wildman–Crippen LogP) is 2.09. The number of rotatable bonds is 5. The summed E-state index contributed by atoms with van der Waals surface area (Å²) in [5.74, 6) is 0.494. The maximum Gasteiger partial charge on any atom is 0.109 e. The molecule has 0 spiro atoms. The van der Waals surface area contributed by atoms with Crippen LogP contribution in [0.2, 0.25) is 0 Å². The molecule has 0 aromatic carbocycles. The number of hydrogen-bond donors (Lipinski definition) is 2. The monoisotopic (exact) mass is 227 g/mol. The molecule has 1 aromatic heterocycles. The predicted molar refractivity (Wildman–Crippen MR) is 66.1 cm³/mol. The van der Waals surface area contributed by atoms with Crippen LogP contribution in [0.3, 0.4) is 0 Å². The Labute approximate surface area is 96.1 Å². The van der Waals surface area contributed by atoms with Crippen LogP contribution in [0, 0.1) is 12.8 Å². The molecule has 1 aromatic rings. The van der Waals surface area contributed by atoms with Gasteiger partial charge in [0.15, 0.2) is 0 Å². The van der Waals surface area contributed by atoms with Crippen molar-refractivity contribution in [1.82, 2.24) is 10.3 Å². The van der Waals surface area contributed by atoms with Crippen molar-refractivity contribution < 1.29 is 0 Å². The summed E-state index contributed by atoms with van der Waals surface area (Å²) in [7, 11) is 0. The molecule has 3 nitrogen and oxygen atoms in total. The lowest BCUT2D eigenvalue weighted by atomic mass is 10.0. The molecule has 1 rings (SSSR count). The number of hydrogen-bond acceptors (Lipinski definition) is 4. The van der Waals surface area contributed by atoms with E-state index in [1.807, 2.05) is 13.1 Å². The number of nitrogens with one attached hydrogen (secondary N) is 1. The minimum atomic E-state index is 0.239. The van der Waals surface area contributed by atoms with Gasteiger partial charge in [0.25, 0.3) is 0 Å². The van der Waals surface area contributed by atoms with E-state index in [1.54, 1.807) is 11.3 Å². The normalized spacial score (nSPS) is 17.4. The summed E-state index contributed by atoms with van der Waals surface area (Å²) in [6, 6.07) is 0.563. The second-order valence-corrected chi connectivity index (χ2v) is 5.54. The van der Waals surface area contributed by atoms with Crippen LogP contribution in [0.15, 0.2) is 6.20 Å². The maximum atomic E-state index is 5.81. The van der Waals surface area contributed by atoms with Crippen molar-refractivity contribution in [2.45, 2.75) is 39.8 Å².